The zero-order valence-corrected chi connectivity index (χ0v) is 23.0. The van der Waals surface area contributed by atoms with E-state index in [1.807, 2.05) is 17.9 Å². The molecule has 0 saturated heterocycles. The molecule has 0 saturated carbocycles. The molecule has 218 valence electrons. The Balaban J connectivity index is 1.55. The number of para-hydroxylation sites is 1. The summed E-state index contributed by atoms with van der Waals surface area (Å²) in [7, 11) is 1.28. The molecular weight excluding hydrogens is 551 g/mol. The van der Waals surface area contributed by atoms with Gasteiger partial charge in [-0.1, -0.05) is 31.2 Å². The fourth-order valence-electron chi connectivity index (χ4n) is 5.44. The largest absolute Gasteiger partial charge is 0.493 e. The second-order valence-corrected chi connectivity index (χ2v) is 10.0. The Morgan fingerprint density at radius 2 is 1.81 bits per heavy atom. The first-order valence-corrected chi connectivity index (χ1v) is 13.4. The number of hydrogen-bond donors (Lipinski definition) is 0. The van der Waals surface area contributed by atoms with Gasteiger partial charge in [0.2, 0.25) is 0 Å². The number of ether oxygens (including phenoxy) is 3. The smallest absolute Gasteiger partial charge is 0.471 e. The van der Waals surface area contributed by atoms with Crippen LogP contribution in [0.15, 0.2) is 60.7 Å². The van der Waals surface area contributed by atoms with Crippen LogP contribution in [0.2, 0.25) is 0 Å². The Kier molecular flexibility index (Phi) is 7.98. The molecule has 2 atom stereocenters. The lowest BCUT2D eigenvalue weighted by Crippen LogP contribution is -2.44. The van der Waals surface area contributed by atoms with Gasteiger partial charge in [0.05, 0.1) is 43.5 Å². The van der Waals surface area contributed by atoms with Crippen LogP contribution < -0.4 is 19.3 Å². The Morgan fingerprint density at radius 3 is 2.52 bits per heavy atom. The average molecular weight is 580 g/mol. The molecule has 11 heteroatoms. The minimum atomic E-state index is -5.15. The monoisotopic (exact) mass is 579 g/mol. The summed E-state index contributed by atoms with van der Waals surface area (Å²) >= 11 is 0. The zero-order chi connectivity index (χ0) is 30.0. The van der Waals surface area contributed by atoms with E-state index in [2.05, 4.69) is 6.07 Å². The highest BCUT2D eigenvalue weighted by atomic mass is 19.4. The van der Waals surface area contributed by atoms with Gasteiger partial charge in [-0.2, -0.15) is 18.4 Å². The second-order valence-electron chi connectivity index (χ2n) is 10.0. The van der Waals surface area contributed by atoms with E-state index in [1.165, 1.54) is 19.2 Å². The third kappa shape index (κ3) is 5.44. The maximum absolute atomic E-state index is 14.0. The van der Waals surface area contributed by atoms with Crippen LogP contribution in [0.25, 0.3) is 0 Å². The standard InChI is InChI=1S/C31H28F3N3O5/c1-3-12-36(21-7-4-6-19(13-21)16-35)25-9-5-8-24-26(18-42-29(24)25)37(30(39)31(32,33)34)22-10-11-23-20(14-28(38)40-2)17-41-27(23)15-22/h4-11,13,15,20,26H,3,12,14,17-18H2,1-2H3/t20-,26-/m1/s1. The van der Waals surface area contributed by atoms with E-state index >= 15 is 0 Å². The summed E-state index contributed by atoms with van der Waals surface area (Å²) in [5.41, 5.74) is 2.89. The molecule has 0 unspecified atom stereocenters. The molecule has 2 aliphatic heterocycles. The zero-order valence-electron chi connectivity index (χ0n) is 23.0. The molecule has 0 aliphatic carbocycles. The minimum absolute atomic E-state index is 0.00576. The number of benzene rings is 3. The van der Waals surface area contributed by atoms with Crippen molar-refractivity contribution in [2.45, 2.75) is 37.9 Å². The number of esters is 1. The van der Waals surface area contributed by atoms with E-state index in [-0.39, 0.29) is 31.2 Å². The summed E-state index contributed by atoms with van der Waals surface area (Å²) in [6.07, 6.45) is -4.35. The van der Waals surface area contributed by atoms with Crippen LogP contribution in [0.1, 0.15) is 48.4 Å². The number of halogens is 3. The van der Waals surface area contributed by atoms with E-state index in [1.54, 1.807) is 42.5 Å². The molecule has 1 amide bonds. The van der Waals surface area contributed by atoms with Crippen molar-refractivity contribution in [3.63, 3.8) is 0 Å². The second kappa shape index (κ2) is 11.6. The Labute approximate surface area is 240 Å². The van der Waals surface area contributed by atoms with E-state index in [9.17, 15) is 28.0 Å². The number of amides is 1. The molecule has 0 N–H and O–H groups in total. The van der Waals surface area contributed by atoms with Gasteiger partial charge in [0.1, 0.15) is 18.1 Å². The van der Waals surface area contributed by atoms with Crippen molar-refractivity contribution >= 4 is 28.9 Å². The highest BCUT2D eigenvalue weighted by Crippen LogP contribution is 2.48. The van der Waals surface area contributed by atoms with Crippen molar-refractivity contribution < 1.29 is 37.0 Å². The van der Waals surface area contributed by atoms with Gasteiger partial charge >= 0.3 is 18.1 Å². The molecule has 0 aromatic heterocycles. The highest BCUT2D eigenvalue weighted by molar-refractivity contribution is 5.98. The van der Waals surface area contributed by atoms with Crippen molar-refractivity contribution in [1.82, 2.24) is 0 Å². The van der Waals surface area contributed by atoms with Crippen LogP contribution in [0.3, 0.4) is 0 Å². The lowest BCUT2D eigenvalue weighted by molar-refractivity contribution is -0.171. The van der Waals surface area contributed by atoms with E-state index in [0.717, 1.165) is 12.1 Å². The van der Waals surface area contributed by atoms with Crippen LogP contribution in [-0.2, 0) is 14.3 Å². The molecule has 2 aliphatic rings. The lowest BCUT2D eigenvalue weighted by atomic mass is 9.97. The van der Waals surface area contributed by atoms with E-state index in [0.29, 0.717) is 45.3 Å². The minimum Gasteiger partial charge on any atom is -0.493 e. The van der Waals surface area contributed by atoms with Gasteiger partial charge in [-0.15, -0.1) is 0 Å². The molecule has 3 aromatic carbocycles. The van der Waals surface area contributed by atoms with Crippen LogP contribution in [0.4, 0.5) is 30.2 Å². The molecule has 3 aromatic rings. The Hall–Kier alpha value is -4.72. The van der Waals surface area contributed by atoms with E-state index in [4.69, 9.17) is 14.2 Å². The fourth-order valence-corrected chi connectivity index (χ4v) is 5.44. The first-order chi connectivity index (χ1) is 20.2. The normalized spacial score (nSPS) is 16.9. The van der Waals surface area contributed by atoms with Gasteiger partial charge in [-0.05, 0) is 36.8 Å². The summed E-state index contributed by atoms with van der Waals surface area (Å²) in [6, 6.07) is 17.7. The van der Waals surface area contributed by atoms with Gasteiger partial charge in [0.15, 0.2) is 0 Å². The maximum Gasteiger partial charge on any atom is 0.471 e. The quantitative estimate of drug-likeness (QED) is 0.295. The number of anilines is 3. The van der Waals surface area contributed by atoms with E-state index < -0.39 is 24.1 Å². The van der Waals surface area contributed by atoms with Gasteiger partial charge in [0, 0.05) is 41.0 Å². The van der Waals surface area contributed by atoms with Crippen molar-refractivity contribution in [3.8, 4) is 17.6 Å². The number of hydrogen-bond acceptors (Lipinski definition) is 7. The number of rotatable bonds is 8. The van der Waals surface area contributed by atoms with Crippen molar-refractivity contribution in [2.24, 2.45) is 0 Å². The Morgan fingerprint density at radius 1 is 1.02 bits per heavy atom. The third-order valence-corrected chi connectivity index (χ3v) is 7.36. The summed E-state index contributed by atoms with van der Waals surface area (Å²) < 4.78 is 58.4. The predicted molar refractivity (Wildman–Crippen MR) is 148 cm³/mol. The first kappa shape index (κ1) is 28.8. The van der Waals surface area contributed by atoms with Crippen LogP contribution in [0.5, 0.6) is 11.5 Å². The number of nitriles is 1. The predicted octanol–water partition coefficient (Wildman–Crippen LogP) is 6.17. The summed E-state index contributed by atoms with van der Waals surface area (Å²) in [6.45, 7) is 2.51. The van der Waals surface area contributed by atoms with Crippen LogP contribution in [0, 0.1) is 11.3 Å². The van der Waals surface area contributed by atoms with Crippen LogP contribution >= 0.6 is 0 Å². The average Bonchev–Trinajstić information content (AvgIpc) is 3.59. The number of carbonyl (C=O) groups excluding carboxylic acids is 2. The molecule has 0 spiro atoms. The molecule has 0 bridgehead atoms. The number of alkyl halides is 3. The van der Waals surface area contributed by atoms with Gasteiger partial charge in [-0.3, -0.25) is 14.5 Å². The fraction of sp³-hybridized carbons (Fsp3) is 0.323. The molecular formula is C31H28F3N3O5. The topological polar surface area (TPSA) is 92.1 Å². The maximum atomic E-state index is 14.0. The highest BCUT2D eigenvalue weighted by Gasteiger charge is 2.48. The molecule has 2 heterocycles. The first-order valence-electron chi connectivity index (χ1n) is 13.4. The molecule has 0 fully saturated rings. The summed E-state index contributed by atoms with van der Waals surface area (Å²) in [4.78, 5) is 27.4. The Bertz CT molecular complexity index is 1550. The molecule has 8 nitrogen and oxygen atoms in total. The number of carbonyl (C=O) groups is 2. The number of methoxy groups -OCH3 is 1. The summed E-state index contributed by atoms with van der Waals surface area (Å²) in [5, 5.41) is 9.39. The van der Waals surface area contributed by atoms with Gasteiger partial charge in [-0.25, -0.2) is 0 Å². The molecule has 0 radical (unpaired) electrons. The SMILES string of the molecule is CCCN(c1cccc(C#N)c1)c1cccc2c1OC[C@H]2N(C(=O)C(F)(F)F)c1ccc2c(c1)OC[C@H]2CC(=O)OC. The number of nitrogens with zero attached hydrogens (tertiary/aromatic N) is 3. The summed E-state index contributed by atoms with van der Waals surface area (Å²) in [5.74, 6) is -2.10. The van der Waals surface area contributed by atoms with Crippen molar-refractivity contribution in [2.75, 3.05) is 36.7 Å². The lowest BCUT2D eigenvalue weighted by Gasteiger charge is -2.30. The van der Waals surface area contributed by atoms with Crippen LogP contribution in [-0.4, -0.2) is 44.9 Å². The van der Waals surface area contributed by atoms with Crippen molar-refractivity contribution in [3.05, 3.63) is 77.4 Å². The van der Waals surface area contributed by atoms with Crippen molar-refractivity contribution in [1.29, 1.82) is 5.26 Å². The third-order valence-electron chi connectivity index (χ3n) is 7.36. The van der Waals surface area contributed by atoms with Gasteiger partial charge in [0.25, 0.3) is 0 Å². The van der Waals surface area contributed by atoms with Gasteiger partial charge < -0.3 is 19.1 Å². The molecule has 42 heavy (non-hydrogen) atoms. The molecule has 5 rings (SSSR count). The number of fused-ring (bicyclic) bond motifs is 2.